The first kappa shape index (κ1) is 27.9. The molecule has 1 aliphatic heterocycles. The first-order valence-electron chi connectivity index (χ1n) is 13.5. The third-order valence-electron chi connectivity index (χ3n) is 6.89. The number of hydrogen-bond donors (Lipinski definition) is 3. The van der Waals surface area contributed by atoms with Crippen molar-refractivity contribution in [2.75, 3.05) is 31.0 Å². The summed E-state index contributed by atoms with van der Waals surface area (Å²) in [5.74, 6) is 0.828. The van der Waals surface area contributed by atoms with E-state index in [1.54, 1.807) is 63.0 Å². The summed E-state index contributed by atoms with van der Waals surface area (Å²) in [4.78, 5) is 34.1. The smallest absolute Gasteiger partial charge is 0.235 e. The number of H-pyrrole nitrogens is 1. The molecule has 1 aliphatic rings. The number of nitrogens with zero attached hydrogens (tertiary/aromatic N) is 4. The second kappa shape index (κ2) is 12.0. The van der Waals surface area contributed by atoms with E-state index in [1.165, 1.54) is 12.1 Å². The summed E-state index contributed by atoms with van der Waals surface area (Å²) in [5, 5.41) is 6.06. The number of carbonyl (C=O) groups excluding carboxylic acids is 1. The molecule has 3 aromatic heterocycles. The lowest BCUT2D eigenvalue weighted by molar-refractivity contribution is -0.229. The monoisotopic (exact) mass is 581 g/mol. The number of aromatic nitrogens is 5. The summed E-state index contributed by atoms with van der Waals surface area (Å²) in [6, 6.07) is 18.6. The zero-order chi connectivity index (χ0) is 29.8. The number of benzene rings is 2. The summed E-state index contributed by atoms with van der Waals surface area (Å²) in [6.07, 6.45) is 3.96. The van der Waals surface area contributed by atoms with Crippen LogP contribution in [0.15, 0.2) is 85.3 Å². The molecular weight excluding hydrogens is 553 g/mol. The maximum atomic E-state index is 13.8. The zero-order valence-electron chi connectivity index (χ0n) is 23.4. The average molecular weight is 582 g/mol. The highest BCUT2D eigenvalue weighted by atomic mass is 19.1. The normalized spacial score (nSPS) is 18.2. The van der Waals surface area contributed by atoms with E-state index in [9.17, 15) is 9.18 Å². The zero-order valence-corrected chi connectivity index (χ0v) is 23.4. The standard InChI is InChI=1S/C31H28FN7O4/c1-31(29(40)35-21-10-13-33-14-11-21)17-42-28(43-18-31)27-38-25(19-6-8-20(32)9-7-19)26(39-27)24-12-15-34-30(37-24)36-22-4-3-5-23(16-22)41-2/h3-16,28H,17-18H2,1-2H3,(H,38,39)(H,33,35,40)(H,34,36,37). The number of aromatic amines is 1. The largest absolute Gasteiger partial charge is 0.497 e. The van der Waals surface area contributed by atoms with Gasteiger partial charge in [-0.3, -0.25) is 9.78 Å². The summed E-state index contributed by atoms with van der Waals surface area (Å²) in [5.41, 5.74) is 2.75. The Labute approximate surface area is 246 Å². The van der Waals surface area contributed by atoms with Crippen LogP contribution in [0.2, 0.25) is 0 Å². The van der Waals surface area contributed by atoms with Crippen LogP contribution in [-0.2, 0) is 14.3 Å². The molecule has 0 saturated carbocycles. The van der Waals surface area contributed by atoms with Gasteiger partial charge in [0.05, 0.1) is 42.8 Å². The van der Waals surface area contributed by atoms with E-state index in [0.29, 0.717) is 45.9 Å². The molecule has 1 saturated heterocycles. The van der Waals surface area contributed by atoms with Crippen molar-refractivity contribution in [1.29, 1.82) is 0 Å². The molecule has 1 amide bonds. The Balaban J connectivity index is 1.26. The summed E-state index contributed by atoms with van der Waals surface area (Å²) >= 11 is 0. The van der Waals surface area contributed by atoms with Crippen LogP contribution in [0.1, 0.15) is 19.0 Å². The minimum absolute atomic E-state index is 0.0958. The van der Waals surface area contributed by atoms with Gasteiger partial charge in [-0.25, -0.2) is 19.3 Å². The van der Waals surface area contributed by atoms with Gasteiger partial charge in [-0.15, -0.1) is 0 Å². The number of imidazole rings is 1. The first-order valence-corrected chi connectivity index (χ1v) is 13.5. The fourth-order valence-electron chi connectivity index (χ4n) is 4.51. The number of ether oxygens (including phenoxy) is 3. The predicted molar refractivity (Wildman–Crippen MR) is 157 cm³/mol. The highest BCUT2D eigenvalue weighted by molar-refractivity contribution is 5.95. The van der Waals surface area contributed by atoms with Crippen molar-refractivity contribution in [3.05, 3.63) is 97.0 Å². The van der Waals surface area contributed by atoms with E-state index >= 15 is 0 Å². The average Bonchev–Trinajstić information content (AvgIpc) is 3.48. The van der Waals surface area contributed by atoms with Crippen LogP contribution in [0.5, 0.6) is 5.75 Å². The van der Waals surface area contributed by atoms with Crippen molar-refractivity contribution in [2.24, 2.45) is 5.41 Å². The Morgan fingerprint density at radius 2 is 1.77 bits per heavy atom. The predicted octanol–water partition coefficient (Wildman–Crippen LogP) is 5.51. The number of nitrogens with one attached hydrogen (secondary N) is 3. The molecule has 5 aromatic rings. The Morgan fingerprint density at radius 1 is 1.00 bits per heavy atom. The maximum absolute atomic E-state index is 13.8. The van der Waals surface area contributed by atoms with Crippen LogP contribution in [0.3, 0.4) is 0 Å². The third-order valence-corrected chi connectivity index (χ3v) is 6.89. The SMILES string of the molecule is COc1cccc(Nc2nccc(-c3[nH]c(C4OCC(C)(C(=O)Nc5ccncc5)CO4)nc3-c3ccc(F)cc3)n2)c1. The Kier molecular flexibility index (Phi) is 7.77. The Bertz CT molecular complexity index is 1720. The van der Waals surface area contributed by atoms with E-state index in [1.807, 2.05) is 24.3 Å². The van der Waals surface area contributed by atoms with Gasteiger partial charge >= 0.3 is 0 Å². The van der Waals surface area contributed by atoms with Gasteiger partial charge in [0.2, 0.25) is 18.1 Å². The number of amides is 1. The molecule has 1 fully saturated rings. The summed E-state index contributed by atoms with van der Waals surface area (Å²) in [7, 11) is 1.60. The molecule has 218 valence electrons. The Morgan fingerprint density at radius 3 is 2.51 bits per heavy atom. The van der Waals surface area contributed by atoms with Gasteiger partial charge in [-0.05, 0) is 61.5 Å². The van der Waals surface area contributed by atoms with Gasteiger partial charge in [0.25, 0.3) is 0 Å². The number of pyridine rings is 1. The van der Waals surface area contributed by atoms with E-state index in [0.717, 1.165) is 5.69 Å². The molecule has 3 N–H and O–H groups in total. The minimum Gasteiger partial charge on any atom is -0.497 e. The van der Waals surface area contributed by atoms with Crippen molar-refractivity contribution in [3.8, 4) is 28.4 Å². The second-order valence-electron chi connectivity index (χ2n) is 10.2. The van der Waals surface area contributed by atoms with Gasteiger partial charge < -0.3 is 29.8 Å². The lowest BCUT2D eigenvalue weighted by Crippen LogP contribution is -2.45. The van der Waals surface area contributed by atoms with Crippen LogP contribution in [0.4, 0.5) is 21.7 Å². The van der Waals surface area contributed by atoms with Gasteiger partial charge in [-0.2, -0.15) is 0 Å². The molecular formula is C31H28FN7O4. The molecule has 0 unspecified atom stereocenters. The van der Waals surface area contributed by atoms with Crippen LogP contribution in [0.25, 0.3) is 22.6 Å². The quantitative estimate of drug-likeness (QED) is 0.217. The first-order chi connectivity index (χ1) is 20.9. The fourth-order valence-corrected chi connectivity index (χ4v) is 4.51. The highest BCUT2D eigenvalue weighted by Crippen LogP contribution is 2.36. The van der Waals surface area contributed by atoms with Crippen LogP contribution >= 0.6 is 0 Å². The molecule has 0 radical (unpaired) electrons. The number of anilines is 3. The minimum atomic E-state index is -0.928. The van der Waals surface area contributed by atoms with Crippen molar-refractivity contribution < 1.29 is 23.4 Å². The van der Waals surface area contributed by atoms with Crippen molar-refractivity contribution in [2.45, 2.75) is 13.2 Å². The van der Waals surface area contributed by atoms with Crippen molar-refractivity contribution in [3.63, 3.8) is 0 Å². The molecule has 0 aliphatic carbocycles. The van der Waals surface area contributed by atoms with Crippen molar-refractivity contribution in [1.82, 2.24) is 24.9 Å². The molecule has 12 heteroatoms. The summed E-state index contributed by atoms with van der Waals surface area (Å²) in [6.45, 7) is 1.96. The van der Waals surface area contributed by atoms with E-state index in [-0.39, 0.29) is 24.9 Å². The van der Waals surface area contributed by atoms with Crippen LogP contribution < -0.4 is 15.4 Å². The third kappa shape index (κ3) is 6.20. The maximum Gasteiger partial charge on any atom is 0.235 e. The fraction of sp³-hybridized carbons (Fsp3) is 0.194. The lowest BCUT2D eigenvalue weighted by atomic mass is 9.91. The van der Waals surface area contributed by atoms with Gasteiger partial charge in [0.15, 0.2) is 5.82 Å². The van der Waals surface area contributed by atoms with Gasteiger partial charge in [-0.1, -0.05) is 6.07 Å². The molecule has 4 heterocycles. The molecule has 0 bridgehead atoms. The second-order valence-corrected chi connectivity index (χ2v) is 10.2. The van der Waals surface area contributed by atoms with Crippen molar-refractivity contribution >= 4 is 23.2 Å². The number of hydrogen-bond acceptors (Lipinski definition) is 9. The number of halogens is 1. The molecule has 0 atom stereocenters. The summed E-state index contributed by atoms with van der Waals surface area (Å²) < 4.78 is 31.1. The van der Waals surface area contributed by atoms with Crippen LogP contribution in [-0.4, -0.2) is 51.2 Å². The van der Waals surface area contributed by atoms with E-state index in [4.69, 9.17) is 24.2 Å². The lowest BCUT2D eigenvalue weighted by Gasteiger charge is -2.35. The van der Waals surface area contributed by atoms with E-state index in [2.05, 4.69) is 25.6 Å². The van der Waals surface area contributed by atoms with E-state index < -0.39 is 11.7 Å². The molecule has 6 rings (SSSR count). The number of methoxy groups -OCH3 is 1. The number of carbonyl (C=O) groups is 1. The van der Waals surface area contributed by atoms with Crippen LogP contribution in [0, 0.1) is 11.2 Å². The van der Waals surface area contributed by atoms with Gasteiger partial charge in [0.1, 0.15) is 11.6 Å². The molecule has 43 heavy (non-hydrogen) atoms. The number of rotatable bonds is 8. The molecule has 2 aromatic carbocycles. The topological polar surface area (TPSA) is 136 Å². The Hall–Kier alpha value is -5.20. The highest BCUT2D eigenvalue weighted by Gasteiger charge is 2.41. The molecule has 11 nitrogen and oxygen atoms in total. The molecule has 0 spiro atoms. The van der Waals surface area contributed by atoms with Gasteiger partial charge in [0, 0.05) is 41.6 Å².